The van der Waals surface area contributed by atoms with E-state index in [0.29, 0.717) is 11.5 Å². The molecule has 2 unspecified atom stereocenters. The van der Waals surface area contributed by atoms with Crippen LogP contribution in [0.15, 0.2) is 0 Å². The lowest BCUT2D eigenvalue weighted by atomic mass is 9.48. The zero-order valence-corrected chi connectivity index (χ0v) is 14.5. The number of hydrogen-bond donors (Lipinski definition) is 1. The summed E-state index contributed by atoms with van der Waals surface area (Å²) in [6.07, 6.45) is 10.6. The molecule has 4 aliphatic carbocycles. The van der Waals surface area contributed by atoms with Gasteiger partial charge in [-0.2, -0.15) is 11.8 Å². The summed E-state index contributed by atoms with van der Waals surface area (Å²) < 4.78 is 0. The third-order valence-corrected chi connectivity index (χ3v) is 7.37. The van der Waals surface area contributed by atoms with Gasteiger partial charge in [0.25, 0.3) is 0 Å². The van der Waals surface area contributed by atoms with E-state index in [1.165, 1.54) is 37.2 Å². The maximum Gasteiger partial charge on any atom is 0.00979 e. The van der Waals surface area contributed by atoms with Gasteiger partial charge >= 0.3 is 0 Å². The molecule has 0 aromatic carbocycles. The van der Waals surface area contributed by atoms with Crippen LogP contribution in [0.1, 0.15) is 65.7 Å². The Morgan fingerprint density at radius 1 is 1.05 bits per heavy atom. The Labute approximate surface area is 130 Å². The Balaban J connectivity index is 1.55. The molecule has 0 heterocycles. The quantitative estimate of drug-likeness (QED) is 0.683. The Morgan fingerprint density at radius 2 is 1.60 bits per heavy atom. The first-order valence-electron chi connectivity index (χ1n) is 8.95. The maximum absolute atomic E-state index is 3.98. The second-order valence-corrected chi connectivity index (χ2v) is 9.45. The molecule has 1 nitrogen and oxygen atoms in total. The Kier molecular flexibility index (Phi) is 4.72. The largest absolute Gasteiger partial charge is 0.311 e. The summed E-state index contributed by atoms with van der Waals surface area (Å²) in [6.45, 7) is 7.16. The molecule has 0 aromatic rings. The SMILES string of the molecule is CCSCCC(C)NC(C)C12CC3CC(CC(C3)C1)C2. The van der Waals surface area contributed by atoms with Crippen molar-refractivity contribution < 1.29 is 0 Å². The van der Waals surface area contributed by atoms with Crippen LogP contribution in [-0.4, -0.2) is 23.6 Å². The highest BCUT2D eigenvalue weighted by Crippen LogP contribution is 2.61. The zero-order chi connectivity index (χ0) is 14.2. The van der Waals surface area contributed by atoms with Crippen LogP contribution in [0.2, 0.25) is 0 Å². The third kappa shape index (κ3) is 3.06. The summed E-state index contributed by atoms with van der Waals surface area (Å²) in [5.41, 5.74) is 0.668. The lowest BCUT2D eigenvalue weighted by Crippen LogP contribution is -2.56. The lowest BCUT2D eigenvalue weighted by Gasteiger charge is -2.59. The summed E-state index contributed by atoms with van der Waals surface area (Å²) in [7, 11) is 0. The van der Waals surface area contributed by atoms with Crippen molar-refractivity contribution in [2.24, 2.45) is 23.2 Å². The molecule has 116 valence electrons. The fourth-order valence-corrected chi connectivity index (χ4v) is 6.61. The zero-order valence-electron chi connectivity index (χ0n) is 13.7. The van der Waals surface area contributed by atoms with Gasteiger partial charge in [0.15, 0.2) is 0 Å². The van der Waals surface area contributed by atoms with Crippen LogP contribution in [0.4, 0.5) is 0 Å². The van der Waals surface area contributed by atoms with Crippen molar-refractivity contribution in [3.05, 3.63) is 0 Å². The molecule has 2 heteroatoms. The van der Waals surface area contributed by atoms with Gasteiger partial charge < -0.3 is 5.32 Å². The highest BCUT2D eigenvalue weighted by molar-refractivity contribution is 7.99. The molecule has 20 heavy (non-hydrogen) atoms. The molecule has 4 saturated carbocycles. The molecule has 0 aromatic heterocycles. The average Bonchev–Trinajstić information content (AvgIpc) is 2.37. The molecule has 4 fully saturated rings. The Bertz CT molecular complexity index is 292. The van der Waals surface area contributed by atoms with Gasteiger partial charge in [-0.25, -0.2) is 0 Å². The molecule has 4 rings (SSSR count). The molecule has 0 saturated heterocycles. The average molecular weight is 296 g/mol. The maximum atomic E-state index is 3.98. The van der Waals surface area contributed by atoms with Crippen molar-refractivity contribution in [3.8, 4) is 0 Å². The van der Waals surface area contributed by atoms with Gasteiger partial charge in [0, 0.05) is 12.1 Å². The fourth-order valence-electron chi connectivity index (χ4n) is 5.80. The highest BCUT2D eigenvalue weighted by atomic mass is 32.2. The summed E-state index contributed by atoms with van der Waals surface area (Å²) in [4.78, 5) is 0. The highest BCUT2D eigenvalue weighted by Gasteiger charge is 2.53. The van der Waals surface area contributed by atoms with Gasteiger partial charge in [-0.3, -0.25) is 0 Å². The van der Waals surface area contributed by atoms with Crippen LogP contribution in [0.5, 0.6) is 0 Å². The van der Waals surface area contributed by atoms with E-state index in [-0.39, 0.29) is 0 Å². The topological polar surface area (TPSA) is 12.0 Å². The molecule has 2 atom stereocenters. The van der Waals surface area contributed by atoms with Crippen molar-refractivity contribution in [1.29, 1.82) is 0 Å². The van der Waals surface area contributed by atoms with E-state index in [0.717, 1.165) is 23.8 Å². The Morgan fingerprint density at radius 3 is 2.10 bits per heavy atom. The monoisotopic (exact) mass is 295 g/mol. The molecular weight excluding hydrogens is 262 g/mol. The first kappa shape index (κ1) is 15.2. The molecular formula is C18H33NS. The summed E-state index contributed by atoms with van der Waals surface area (Å²) in [5, 5.41) is 3.98. The molecule has 0 radical (unpaired) electrons. The van der Waals surface area contributed by atoms with E-state index in [2.05, 4.69) is 37.8 Å². The molecule has 0 aliphatic heterocycles. The van der Waals surface area contributed by atoms with Crippen molar-refractivity contribution in [2.45, 2.75) is 77.8 Å². The van der Waals surface area contributed by atoms with E-state index >= 15 is 0 Å². The van der Waals surface area contributed by atoms with E-state index in [9.17, 15) is 0 Å². The van der Waals surface area contributed by atoms with E-state index in [1.54, 1.807) is 19.3 Å². The van der Waals surface area contributed by atoms with Gasteiger partial charge in [-0.15, -0.1) is 0 Å². The van der Waals surface area contributed by atoms with Crippen LogP contribution in [0, 0.1) is 23.2 Å². The second kappa shape index (κ2) is 6.20. The first-order chi connectivity index (χ1) is 9.61. The smallest absolute Gasteiger partial charge is 0.00979 e. The summed E-state index contributed by atoms with van der Waals surface area (Å²) in [6, 6.07) is 1.43. The fraction of sp³-hybridized carbons (Fsp3) is 1.00. The van der Waals surface area contributed by atoms with Crippen LogP contribution in [0.3, 0.4) is 0 Å². The van der Waals surface area contributed by atoms with Gasteiger partial charge in [-0.1, -0.05) is 6.92 Å². The number of nitrogens with one attached hydrogen (secondary N) is 1. The predicted octanol–water partition coefficient (Wildman–Crippen LogP) is 4.71. The van der Waals surface area contributed by atoms with Gasteiger partial charge in [0.1, 0.15) is 0 Å². The van der Waals surface area contributed by atoms with Crippen molar-refractivity contribution in [2.75, 3.05) is 11.5 Å². The van der Waals surface area contributed by atoms with E-state index in [4.69, 9.17) is 0 Å². The van der Waals surface area contributed by atoms with Crippen LogP contribution < -0.4 is 5.32 Å². The van der Waals surface area contributed by atoms with Gasteiger partial charge in [-0.05, 0) is 93.5 Å². The Hall–Kier alpha value is 0.310. The van der Waals surface area contributed by atoms with Gasteiger partial charge in [0.05, 0.1) is 0 Å². The van der Waals surface area contributed by atoms with Crippen molar-refractivity contribution in [1.82, 2.24) is 5.32 Å². The molecule has 0 amide bonds. The number of rotatable bonds is 7. The molecule has 4 bridgehead atoms. The summed E-state index contributed by atoms with van der Waals surface area (Å²) >= 11 is 2.08. The van der Waals surface area contributed by atoms with Crippen LogP contribution in [0.25, 0.3) is 0 Å². The predicted molar refractivity (Wildman–Crippen MR) is 90.3 cm³/mol. The van der Waals surface area contributed by atoms with Crippen molar-refractivity contribution >= 4 is 11.8 Å². The minimum absolute atomic E-state index is 0.668. The first-order valence-corrected chi connectivity index (χ1v) is 10.1. The number of thioether (sulfide) groups is 1. The van der Waals surface area contributed by atoms with E-state index < -0.39 is 0 Å². The normalized spacial score (nSPS) is 41.9. The minimum atomic E-state index is 0.668. The molecule has 0 spiro atoms. The minimum Gasteiger partial charge on any atom is -0.311 e. The standard InChI is InChI=1S/C18H33NS/c1-4-20-6-5-13(2)19-14(3)18-10-15-7-16(11-18)9-17(8-15)12-18/h13-17,19H,4-12H2,1-3H3. The van der Waals surface area contributed by atoms with Crippen molar-refractivity contribution in [3.63, 3.8) is 0 Å². The number of hydrogen-bond acceptors (Lipinski definition) is 2. The molecule has 4 aliphatic rings. The second-order valence-electron chi connectivity index (χ2n) is 8.05. The molecule has 1 N–H and O–H groups in total. The van der Waals surface area contributed by atoms with Crippen LogP contribution >= 0.6 is 11.8 Å². The third-order valence-electron chi connectivity index (χ3n) is 6.44. The lowest BCUT2D eigenvalue weighted by molar-refractivity contribution is -0.0718. The van der Waals surface area contributed by atoms with Gasteiger partial charge in [0.2, 0.25) is 0 Å². The van der Waals surface area contributed by atoms with E-state index in [1.807, 2.05) is 0 Å². The van der Waals surface area contributed by atoms with Crippen LogP contribution in [-0.2, 0) is 0 Å². The summed E-state index contributed by atoms with van der Waals surface area (Å²) in [5.74, 6) is 5.82.